The molecule has 1 fully saturated rings. The van der Waals surface area contributed by atoms with Crippen molar-refractivity contribution >= 4 is 0 Å². The highest BCUT2D eigenvalue weighted by atomic mass is 16.2. The van der Waals surface area contributed by atoms with E-state index >= 15 is 0 Å². The zero-order chi connectivity index (χ0) is 10.4. The smallest absolute Gasteiger partial charge is 0.0431 e. The number of hydrogen-bond acceptors (Lipinski definition) is 4. The van der Waals surface area contributed by atoms with Gasteiger partial charge in [0.05, 0.1) is 0 Å². The number of rotatable bonds is 5. The Morgan fingerprint density at radius 3 is 2.79 bits per heavy atom. The quantitative estimate of drug-likeness (QED) is 0.553. The van der Waals surface area contributed by atoms with Crippen molar-refractivity contribution in [1.82, 2.24) is 4.90 Å². The van der Waals surface area contributed by atoms with E-state index in [1.165, 1.54) is 0 Å². The maximum absolute atomic E-state index is 8.77. The van der Waals surface area contributed by atoms with E-state index in [0.29, 0.717) is 25.1 Å². The van der Waals surface area contributed by atoms with Crippen molar-refractivity contribution in [1.29, 1.82) is 0 Å². The van der Waals surface area contributed by atoms with Gasteiger partial charge in [-0.25, -0.2) is 0 Å². The summed E-state index contributed by atoms with van der Waals surface area (Å²) < 4.78 is 0. The molecule has 0 aromatic carbocycles. The summed E-state index contributed by atoms with van der Waals surface area (Å²) in [7, 11) is 0. The summed E-state index contributed by atoms with van der Waals surface area (Å²) in [6.07, 6.45) is 3.08. The first kappa shape index (κ1) is 11.9. The Labute approximate surface area is 86.3 Å². The minimum Gasteiger partial charge on any atom is -0.396 e. The van der Waals surface area contributed by atoms with Crippen LogP contribution in [0.2, 0.25) is 0 Å². The normalized spacial score (nSPS) is 29.4. The third-order valence-electron chi connectivity index (χ3n) is 2.86. The monoisotopic (exact) mass is 201 g/mol. The fourth-order valence-electron chi connectivity index (χ4n) is 2.30. The van der Waals surface area contributed by atoms with Gasteiger partial charge in [0.15, 0.2) is 0 Å². The van der Waals surface area contributed by atoms with E-state index in [-0.39, 0.29) is 0 Å². The van der Waals surface area contributed by atoms with Crippen molar-refractivity contribution < 1.29 is 5.11 Å². The molecule has 0 amide bonds. The standard InChI is InChI=1S/C10H23N3O/c11-3-4-13-7-9(2-1-5-14)6-10(12)8-13/h9-10,14H,1-8,11-12H2. The van der Waals surface area contributed by atoms with E-state index in [1.54, 1.807) is 0 Å². The maximum atomic E-state index is 8.77. The number of nitrogens with two attached hydrogens (primary N) is 2. The number of hydrogen-bond donors (Lipinski definition) is 3. The van der Waals surface area contributed by atoms with Gasteiger partial charge in [0.25, 0.3) is 0 Å². The van der Waals surface area contributed by atoms with E-state index in [0.717, 1.165) is 38.9 Å². The lowest BCUT2D eigenvalue weighted by molar-refractivity contribution is 0.147. The first-order valence-corrected chi connectivity index (χ1v) is 5.55. The molecule has 0 spiro atoms. The Morgan fingerprint density at radius 1 is 1.36 bits per heavy atom. The summed E-state index contributed by atoms with van der Waals surface area (Å²) in [5.74, 6) is 0.650. The highest BCUT2D eigenvalue weighted by molar-refractivity contribution is 4.81. The lowest BCUT2D eigenvalue weighted by Gasteiger charge is -2.36. The van der Waals surface area contributed by atoms with Gasteiger partial charge in [-0.3, -0.25) is 0 Å². The Morgan fingerprint density at radius 2 is 2.14 bits per heavy atom. The molecular weight excluding hydrogens is 178 g/mol. The summed E-state index contributed by atoms with van der Waals surface area (Å²) in [5, 5.41) is 8.77. The van der Waals surface area contributed by atoms with Gasteiger partial charge in [-0.15, -0.1) is 0 Å². The predicted octanol–water partition coefficient (Wildman–Crippen LogP) is -0.633. The number of aliphatic hydroxyl groups is 1. The minimum absolute atomic E-state index is 0.291. The molecule has 0 bridgehead atoms. The summed E-state index contributed by atoms with van der Waals surface area (Å²) in [6.45, 7) is 4.03. The Kier molecular flexibility index (Phi) is 5.40. The summed E-state index contributed by atoms with van der Waals surface area (Å²) in [6, 6.07) is 0.291. The zero-order valence-corrected chi connectivity index (χ0v) is 8.86. The Balaban J connectivity index is 2.29. The third-order valence-corrected chi connectivity index (χ3v) is 2.86. The molecule has 0 aliphatic carbocycles. The van der Waals surface area contributed by atoms with Crippen molar-refractivity contribution in [3.63, 3.8) is 0 Å². The van der Waals surface area contributed by atoms with Crippen LogP contribution in [0.1, 0.15) is 19.3 Å². The lowest BCUT2D eigenvalue weighted by atomic mass is 9.91. The molecule has 1 rings (SSSR count). The molecule has 1 aliphatic heterocycles. The van der Waals surface area contributed by atoms with Gasteiger partial charge in [-0.2, -0.15) is 0 Å². The molecule has 84 valence electrons. The fourth-order valence-corrected chi connectivity index (χ4v) is 2.30. The molecule has 2 atom stereocenters. The van der Waals surface area contributed by atoms with Gasteiger partial charge < -0.3 is 21.5 Å². The van der Waals surface area contributed by atoms with Crippen LogP contribution in [0.25, 0.3) is 0 Å². The number of piperidine rings is 1. The molecule has 0 aromatic rings. The SMILES string of the molecule is NCCN1CC(N)CC(CCCO)C1. The van der Waals surface area contributed by atoms with Gasteiger partial charge in [0.2, 0.25) is 0 Å². The lowest BCUT2D eigenvalue weighted by Crippen LogP contribution is -2.48. The van der Waals surface area contributed by atoms with E-state index in [1.807, 2.05) is 0 Å². The van der Waals surface area contributed by atoms with Crippen LogP contribution in [-0.2, 0) is 0 Å². The third kappa shape index (κ3) is 3.92. The minimum atomic E-state index is 0.291. The number of likely N-dealkylation sites (tertiary alicyclic amines) is 1. The van der Waals surface area contributed by atoms with Crippen molar-refractivity contribution in [2.75, 3.05) is 32.8 Å². The molecule has 1 heterocycles. The van der Waals surface area contributed by atoms with E-state index in [4.69, 9.17) is 16.6 Å². The first-order valence-electron chi connectivity index (χ1n) is 5.55. The van der Waals surface area contributed by atoms with Crippen molar-refractivity contribution in [3.05, 3.63) is 0 Å². The average molecular weight is 201 g/mol. The second kappa shape index (κ2) is 6.35. The highest BCUT2D eigenvalue weighted by Gasteiger charge is 2.23. The molecule has 2 unspecified atom stereocenters. The van der Waals surface area contributed by atoms with Crippen LogP contribution < -0.4 is 11.5 Å². The Hall–Kier alpha value is -0.160. The van der Waals surface area contributed by atoms with E-state index in [2.05, 4.69) is 4.90 Å². The molecule has 1 aliphatic rings. The maximum Gasteiger partial charge on any atom is 0.0431 e. The molecule has 4 heteroatoms. The van der Waals surface area contributed by atoms with Crippen molar-refractivity contribution in [3.8, 4) is 0 Å². The van der Waals surface area contributed by atoms with Crippen molar-refractivity contribution in [2.45, 2.75) is 25.3 Å². The van der Waals surface area contributed by atoms with Gasteiger partial charge in [0.1, 0.15) is 0 Å². The van der Waals surface area contributed by atoms with Gasteiger partial charge in [0, 0.05) is 38.8 Å². The first-order chi connectivity index (χ1) is 6.76. The van der Waals surface area contributed by atoms with Crippen LogP contribution >= 0.6 is 0 Å². The van der Waals surface area contributed by atoms with E-state index < -0.39 is 0 Å². The fraction of sp³-hybridized carbons (Fsp3) is 1.00. The van der Waals surface area contributed by atoms with Crippen molar-refractivity contribution in [2.24, 2.45) is 17.4 Å². The molecule has 4 nitrogen and oxygen atoms in total. The van der Waals surface area contributed by atoms with Gasteiger partial charge in [-0.1, -0.05) is 0 Å². The van der Waals surface area contributed by atoms with Crippen LogP contribution in [-0.4, -0.2) is 48.8 Å². The average Bonchev–Trinajstić information content (AvgIpc) is 2.14. The topological polar surface area (TPSA) is 75.5 Å². The van der Waals surface area contributed by atoms with Gasteiger partial charge in [-0.05, 0) is 25.2 Å². The molecule has 0 aromatic heterocycles. The summed E-state index contributed by atoms with van der Waals surface area (Å²) in [4.78, 5) is 2.34. The summed E-state index contributed by atoms with van der Waals surface area (Å²) >= 11 is 0. The second-order valence-corrected chi connectivity index (χ2v) is 4.28. The Bertz CT molecular complexity index is 154. The summed E-state index contributed by atoms with van der Waals surface area (Å²) in [5.41, 5.74) is 11.5. The highest BCUT2D eigenvalue weighted by Crippen LogP contribution is 2.19. The van der Waals surface area contributed by atoms with Gasteiger partial charge >= 0.3 is 0 Å². The molecule has 0 saturated carbocycles. The zero-order valence-electron chi connectivity index (χ0n) is 8.86. The molecular formula is C10H23N3O. The van der Waals surface area contributed by atoms with Crippen LogP contribution in [0.3, 0.4) is 0 Å². The van der Waals surface area contributed by atoms with Crippen LogP contribution in [0.5, 0.6) is 0 Å². The van der Waals surface area contributed by atoms with Crippen LogP contribution in [0.4, 0.5) is 0 Å². The predicted molar refractivity (Wildman–Crippen MR) is 57.9 cm³/mol. The number of aliphatic hydroxyl groups excluding tert-OH is 1. The number of nitrogens with zero attached hydrogens (tertiary/aromatic N) is 1. The second-order valence-electron chi connectivity index (χ2n) is 4.28. The van der Waals surface area contributed by atoms with Crippen LogP contribution in [0.15, 0.2) is 0 Å². The van der Waals surface area contributed by atoms with E-state index in [9.17, 15) is 0 Å². The van der Waals surface area contributed by atoms with Crippen LogP contribution in [0, 0.1) is 5.92 Å². The largest absolute Gasteiger partial charge is 0.396 e. The molecule has 5 N–H and O–H groups in total. The molecule has 0 radical (unpaired) electrons. The molecule has 1 saturated heterocycles. The molecule has 14 heavy (non-hydrogen) atoms.